The summed E-state index contributed by atoms with van der Waals surface area (Å²) in [5, 5.41) is 1.08. The van der Waals surface area contributed by atoms with Gasteiger partial charge in [0.2, 0.25) is 0 Å². The van der Waals surface area contributed by atoms with Crippen molar-refractivity contribution in [3.05, 3.63) is 36.0 Å². The van der Waals surface area contributed by atoms with E-state index >= 15 is 0 Å². The Morgan fingerprint density at radius 3 is 2.53 bits per heavy atom. The summed E-state index contributed by atoms with van der Waals surface area (Å²) < 4.78 is 24.4. The molecule has 0 aliphatic carbocycles. The van der Waals surface area contributed by atoms with Gasteiger partial charge in [-0.1, -0.05) is 18.2 Å². The van der Waals surface area contributed by atoms with Crippen LogP contribution in [0.25, 0.3) is 10.9 Å². The van der Waals surface area contributed by atoms with Gasteiger partial charge in [0.05, 0.1) is 5.75 Å². The number of hydrogen-bond donors (Lipinski definition) is 0. The van der Waals surface area contributed by atoms with E-state index in [0.717, 1.165) is 16.6 Å². The Balaban J connectivity index is 2.58. The van der Waals surface area contributed by atoms with Crippen molar-refractivity contribution in [2.75, 3.05) is 6.26 Å². The molecule has 0 radical (unpaired) electrons. The third-order valence-corrected chi connectivity index (χ3v) is 3.28. The third kappa shape index (κ3) is 2.04. The van der Waals surface area contributed by atoms with Crippen LogP contribution < -0.4 is 0 Å². The molecule has 15 heavy (non-hydrogen) atoms. The van der Waals surface area contributed by atoms with Gasteiger partial charge in [-0.15, -0.1) is 0 Å². The molecule has 0 saturated heterocycles. The maximum Gasteiger partial charge on any atom is 0.153 e. The van der Waals surface area contributed by atoms with Crippen molar-refractivity contribution in [1.82, 2.24) is 4.57 Å². The van der Waals surface area contributed by atoms with Gasteiger partial charge in [-0.25, -0.2) is 8.42 Å². The molecule has 0 N–H and O–H groups in total. The first-order valence-electron chi connectivity index (χ1n) is 4.68. The largest absolute Gasteiger partial charge is 0.347 e. The number of aryl methyl sites for hydroxylation is 1. The lowest BCUT2D eigenvalue weighted by Gasteiger charge is -2.02. The summed E-state index contributed by atoms with van der Waals surface area (Å²) in [6.45, 7) is 0. The highest BCUT2D eigenvalue weighted by Gasteiger charge is 2.10. The summed E-state index contributed by atoms with van der Waals surface area (Å²) in [7, 11) is -1.08. The number of para-hydroxylation sites is 1. The van der Waals surface area contributed by atoms with Gasteiger partial charge >= 0.3 is 0 Å². The maximum atomic E-state index is 11.2. The van der Waals surface area contributed by atoms with Crippen molar-refractivity contribution < 1.29 is 8.42 Å². The van der Waals surface area contributed by atoms with Gasteiger partial charge in [0.15, 0.2) is 9.84 Å². The smallest absolute Gasteiger partial charge is 0.153 e. The van der Waals surface area contributed by atoms with Crippen LogP contribution in [0.5, 0.6) is 0 Å². The standard InChI is InChI=1S/C11H13NO2S/c1-12-10(8-15(2,13)14)7-9-5-3-4-6-11(9)12/h3-7H,8H2,1-2H3. The molecule has 0 saturated carbocycles. The fourth-order valence-corrected chi connectivity index (χ4v) is 2.57. The molecule has 0 atom stereocenters. The minimum atomic E-state index is -2.97. The van der Waals surface area contributed by atoms with Crippen molar-refractivity contribution in [1.29, 1.82) is 0 Å². The molecule has 0 aliphatic rings. The second-order valence-electron chi connectivity index (χ2n) is 3.82. The number of sulfone groups is 1. The zero-order chi connectivity index (χ0) is 11.1. The summed E-state index contributed by atoms with van der Waals surface area (Å²) in [6.07, 6.45) is 1.25. The van der Waals surface area contributed by atoms with E-state index in [2.05, 4.69) is 0 Å². The monoisotopic (exact) mass is 223 g/mol. The molecule has 0 amide bonds. The normalized spacial score (nSPS) is 12.1. The van der Waals surface area contributed by atoms with Crippen LogP contribution >= 0.6 is 0 Å². The van der Waals surface area contributed by atoms with Crippen LogP contribution in [0, 0.1) is 0 Å². The topological polar surface area (TPSA) is 39.1 Å². The fraction of sp³-hybridized carbons (Fsp3) is 0.273. The lowest BCUT2D eigenvalue weighted by atomic mass is 10.2. The van der Waals surface area contributed by atoms with Crippen molar-refractivity contribution in [2.45, 2.75) is 5.75 Å². The Morgan fingerprint density at radius 2 is 1.93 bits per heavy atom. The SMILES string of the molecule is Cn1c(CS(C)(=O)=O)cc2ccccc21. The molecule has 1 heterocycles. The van der Waals surface area contributed by atoms with Crippen molar-refractivity contribution in [3.63, 3.8) is 0 Å². The molecule has 2 aromatic rings. The Hall–Kier alpha value is -1.29. The van der Waals surface area contributed by atoms with Gasteiger partial charge in [-0.3, -0.25) is 0 Å². The first-order chi connectivity index (χ1) is 6.97. The highest BCUT2D eigenvalue weighted by molar-refractivity contribution is 7.89. The van der Waals surface area contributed by atoms with Crippen molar-refractivity contribution in [3.8, 4) is 0 Å². The van der Waals surface area contributed by atoms with Crippen LogP contribution in [-0.4, -0.2) is 19.2 Å². The van der Waals surface area contributed by atoms with Gasteiger partial charge < -0.3 is 4.57 Å². The molecule has 80 valence electrons. The zero-order valence-corrected chi connectivity index (χ0v) is 9.58. The van der Waals surface area contributed by atoms with Crippen molar-refractivity contribution >= 4 is 20.7 Å². The average Bonchev–Trinajstić information content (AvgIpc) is 2.42. The molecule has 3 nitrogen and oxygen atoms in total. The van der Waals surface area contributed by atoms with Crippen LogP contribution in [0.4, 0.5) is 0 Å². The highest BCUT2D eigenvalue weighted by atomic mass is 32.2. The van der Waals surface area contributed by atoms with E-state index in [-0.39, 0.29) is 5.75 Å². The van der Waals surface area contributed by atoms with E-state index in [1.807, 2.05) is 41.9 Å². The molecule has 0 spiro atoms. The summed E-state index contributed by atoms with van der Waals surface area (Å²) >= 11 is 0. The van der Waals surface area contributed by atoms with Gasteiger partial charge in [-0.2, -0.15) is 0 Å². The molecular weight excluding hydrogens is 210 g/mol. The number of benzene rings is 1. The third-order valence-electron chi connectivity index (χ3n) is 2.46. The summed E-state index contributed by atoms with van der Waals surface area (Å²) in [4.78, 5) is 0. The first-order valence-corrected chi connectivity index (χ1v) is 6.74. The lowest BCUT2D eigenvalue weighted by Crippen LogP contribution is -2.05. The van der Waals surface area contributed by atoms with E-state index in [9.17, 15) is 8.42 Å². The summed E-state index contributed by atoms with van der Waals surface area (Å²) in [5.41, 5.74) is 1.90. The van der Waals surface area contributed by atoms with Crippen LogP contribution in [0.1, 0.15) is 5.69 Å². The molecule has 1 aromatic heterocycles. The van der Waals surface area contributed by atoms with Crippen molar-refractivity contribution in [2.24, 2.45) is 7.05 Å². The number of nitrogens with zero attached hydrogens (tertiary/aromatic N) is 1. The van der Waals surface area contributed by atoms with Gasteiger partial charge in [-0.05, 0) is 17.5 Å². The number of hydrogen-bond acceptors (Lipinski definition) is 2. The Labute approximate surface area is 89.3 Å². The number of fused-ring (bicyclic) bond motifs is 1. The van der Waals surface area contributed by atoms with Gasteiger partial charge in [0, 0.05) is 24.5 Å². The molecule has 2 rings (SSSR count). The quantitative estimate of drug-likeness (QED) is 0.777. The predicted octanol–water partition coefficient (Wildman–Crippen LogP) is 1.72. The zero-order valence-electron chi connectivity index (χ0n) is 8.77. The lowest BCUT2D eigenvalue weighted by molar-refractivity contribution is 0.599. The summed E-state index contributed by atoms with van der Waals surface area (Å²) in [6, 6.07) is 9.80. The fourth-order valence-electron chi connectivity index (χ4n) is 1.75. The second kappa shape index (κ2) is 3.38. The number of aromatic nitrogens is 1. The highest BCUT2D eigenvalue weighted by Crippen LogP contribution is 2.19. The predicted molar refractivity (Wildman–Crippen MR) is 61.5 cm³/mol. The Morgan fingerprint density at radius 1 is 1.27 bits per heavy atom. The molecule has 1 aromatic carbocycles. The van der Waals surface area contributed by atoms with E-state index in [1.54, 1.807) is 0 Å². The van der Waals surface area contributed by atoms with Gasteiger partial charge in [0.25, 0.3) is 0 Å². The van der Waals surface area contributed by atoms with Crippen LogP contribution in [0.15, 0.2) is 30.3 Å². The molecule has 0 aliphatic heterocycles. The Bertz CT molecular complexity index is 596. The van der Waals surface area contributed by atoms with Crippen LogP contribution in [-0.2, 0) is 22.6 Å². The van der Waals surface area contributed by atoms with Crippen LogP contribution in [0.3, 0.4) is 0 Å². The number of rotatable bonds is 2. The second-order valence-corrected chi connectivity index (χ2v) is 5.96. The van der Waals surface area contributed by atoms with E-state index in [1.165, 1.54) is 6.26 Å². The van der Waals surface area contributed by atoms with Crippen LogP contribution in [0.2, 0.25) is 0 Å². The van der Waals surface area contributed by atoms with E-state index in [0.29, 0.717) is 0 Å². The molecule has 0 bridgehead atoms. The van der Waals surface area contributed by atoms with E-state index in [4.69, 9.17) is 0 Å². The minimum Gasteiger partial charge on any atom is -0.347 e. The molecule has 0 unspecified atom stereocenters. The van der Waals surface area contributed by atoms with E-state index < -0.39 is 9.84 Å². The Kier molecular flexibility index (Phi) is 2.31. The first kappa shape index (κ1) is 10.2. The summed E-state index contributed by atoms with van der Waals surface area (Å²) in [5.74, 6) is 0.0954. The minimum absolute atomic E-state index is 0.0954. The van der Waals surface area contributed by atoms with Gasteiger partial charge in [0.1, 0.15) is 0 Å². The molecule has 0 fully saturated rings. The average molecular weight is 223 g/mol. The molecular formula is C11H13NO2S. The molecule has 4 heteroatoms. The maximum absolute atomic E-state index is 11.2.